The summed E-state index contributed by atoms with van der Waals surface area (Å²) in [7, 11) is 0. The molecule has 4 rings (SSSR count). The minimum Gasteiger partial charge on any atom is -0.426 e. The van der Waals surface area contributed by atoms with Crippen LogP contribution in [0, 0.1) is 11.8 Å². The van der Waals surface area contributed by atoms with Gasteiger partial charge in [-0.15, -0.1) is 0 Å². The fourth-order valence-electron chi connectivity index (χ4n) is 7.02. The van der Waals surface area contributed by atoms with Crippen molar-refractivity contribution in [3.05, 3.63) is 101 Å². The summed E-state index contributed by atoms with van der Waals surface area (Å²) in [4.78, 5) is 95.1. The maximum Gasteiger partial charge on any atom is 0.313 e. The van der Waals surface area contributed by atoms with Crippen LogP contribution in [-0.2, 0) is 57.6 Å². The lowest BCUT2D eigenvalue weighted by atomic mass is 9.93. The molecule has 15 nitrogen and oxygen atoms in total. The zero-order valence-corrected chi connectivity index (χ0v) is 38.9. The molecule has 0 aliphatic carbocycles. The van der Waals surface area contributed by atoms with E-state index in [0.717, 1.165) is 17.5 Å². The van der Waals surface area contributed by atoms with Crippen molar-refractivity contribution in [2.45, 2.75) is 117 Å². The number of benzene rings is 3. The number of nitrogens with one attached hydrogen (secondary N) is 4. The predicted octanol–water partition coefficient (Wildman–Crippen LogP) is 4.53. The number of rotatable bonds is 28. The Labute approximate surface area is 383 Å². The number of hydrogen-bond acceptors (Lipinski definition) is 11. The van der Waals surface area contributed by atoms with E-state index in [2.05, 4.69) is 21.3 Å². The largest absolute Gasteiger partial charge is 0.426 e. The van der Waals surface area contributed by atoms with Gasteiger partial charge in [-0.2, -0.15) is 0 Å². The molecule has 1 fully saturated rings. The lowest BCUT2D eigenvalue weighted by Gasteiger charge is -2.27. The number of esters is 1. The van der Waals surface area contributed by atoms with Gasteiger partial charge in [-0.05, 0) is 74.3 Å². The fraction of sp³-hybridized carbons (Fsp3) is 0.500. The first-order valence-electron chi connectivity index (χ1n) is 22.6. The number of aldehydes is 1. The molecule has 1 aliphatic heterocycles. The summed E-state index contributed by atoms with van der Waals surface area (Å²) < 4.78 is 16.6. The van der Waals surface area contributed by atoms with Gasteiger partial charge in [-0.3, -0.25) is 38.5 Å². The predicted molar refractivity (Wildman–Crippen MR) is 246 cm³/mol. The smallest absolute Gasteiger partial charge is 0.313 e. The number of aryl methyl sites for hydroxylation is 1. The van der Waals surface area contributed by atoms with E-state index in [1.165, 1.54) is 6.92 Å². The van der Waals surface area contributed by atoms with Gasteiger partial charge in [-0.25, -0.2) is 0 Å². The third-order valence-electron chi connectivity index (χ3n) is 10.9. The van der Waals surface area contributed by atoms with Crippen molar-refractivity contribution in [1.29, 1.82) is 0 Å². The Morgan fingerprint density at radius 3 is 2.00 bits per heavy atom. The van der Waals surface area contributed by atoms with Crippen molar-refractivity contribution in [3.63, 3.8) is 0 Å². The molecule has 0 spiro atoms. The van der Waals surface area contributed by atoms with Crippen LogP contribution >= 0.6 is 0 Å². The van der Waals surface area contributed by atoms with Gasteiger partial charge in [0.2, 0.25) is 23.6 Å². The highest BCUT2D eigenvalue weighted by Gasteiger charge is 2.50. The van der Waals surface area contributed by atoms with E-state index in [4.69, 9.17) is 14.2 Å². The second kappa shape index (κ2) is 25.6. The first-order chi connectivity index (χ1) is 31.0. The van der Waals surface area contributed by atoms with Crippen LogP contribution in [0.1, 0.15) is 94.8 Å². The van der Waals surface area contributed by atoms with Crippen LogP contribution in [-0.4, -0.2) is 109 Å². The summed E-state index contributed by atoms with van der Waals surface area (Å²) in [6, 6.07) is 19.4. The van der Waals surface area contributed by atoms with E-state index in [1.54, 1.807) is 39.0 Å². The Hall–Kier alpha value is -5.77. The van der Waals surface area contributed by atoms with Crippen LogP contribution in [0.5, 0.6) is 5.75 Å². The summed E-state index contributed by atoms with van der Waals surface area (Å²) in [6.07, 6.45) is 2.58. The van der Waals surface area contributed by atoms with E-state index in [0.29, 0.717) is 44.4 Å². The zero-order chi connectivity index (χ0) is 47.5. The normalized spacial score (nSPS) is 16.2. The molecule has 5 atom stereocenters. The molecule has 4 N–H and O–H groups in total. The van der Waals surface area contributed by atoms with Crippen LogP contribution in [0.15, 0.2) is 78.9 Å². The molecule has 4 amide bonds. The minimum absolute atomic E-state index is 0.0834. The van der Waals surface area contributed by atoms with Gasteiger partial charge in [0.05, 0.1) is 37.3 Å². The van der Waals surface area contributed by atoms with Crippen molar-refractivity contribution in [2.24, 2.45) is 11.8 Å². The van der Waals surface area contributed by atoms with Crippen molar-refractivity contribution >= 4 is 41.7 Å². The van der Waals surface area contributed by atoms with Crippen molar-refractivity contribution in [1.82, 2.24) is 26.2 Å². The molecule has 3 aromatic rings. The Kier molecular flexibility index (Phi) is 20.5. The average molecular weight is 898 g/mol. The number of amides is 4. The topological polar surface area (TPSA) is 202 Å². The Morgan fingerprint density at radius 1 is 0.769 bits per heavy atom. The maximum atomic E-state index is 14.1. The van der Waals surface area contributed by atoms with Crippen LogP contribution in [0.2, 0.25) is 0 Å². The summed E-state index contributed by atoms with van der Waals surface area (Å²) in [5.74, 6) is -3.10. The Balaban J connectivity index is 1.49. The number of hydrogen-bond donors (Lipinski definition) is 4. The molecular formula is C50H67N5O10. The lowest BCUT2D eigenvalue weighted by Crippen LogP contribution is -2.58. The molecular weight excluding hydrogens is 831 g/mol. The number of Topliss-reactive ketones (excluding diaryl/α,β-unsaturated/α-hetero) is 1. The van der Waals surface area contributed by atoms with Crippen molar-refractivity contribution in [3.8, 4) is 5.75 Å². The van der Waals surface area contributed by atoms with Gasteiger partial charge in [0, 0.05) is 26.1 Å². The molecule has 15 heteroatoms. The van der Waals surface area contributed by atoms with Crippen molar-refractivity contribution in [2.75, 3.05) is 32.9 Å². The van der Waals surface area contributed by atoms with Crippen LogP contribution in [0.4, 0.5) is 0 Å². The van der Waals surface area contributed by atoms with Crippen LogP contribution < -0.4 is 26.0 Å². The minimum atomic E-state index is -1.13. The molecule has 352 valence electrons. The number of carbonyl (C=O) groups excluding carboxylic acids is 7. The standard InChI is InChI=1S/C50H67N5O10/c1-8-24-63-25-23-55(29-38-20-22-43(39(27-38)31-56)65-49(62)34(4)5)30-44(57)52-40(21-19-36-15-11-9-12-16-36)47(60)51-35(6)46(59)54-42(28-37-17-13-10-14-18-37)48(61)53-41(26-33(2)3)45(58)50(7)32-64-50/h9-18,20,22,27,31,33-35,40-42H,8,19,21,23-26,28-30,32H2,1-7H3,(H,51,60)(H,52,57)(H,53,61)(H,54,59)/t35-,40-,41-,42-,50+/m0/s1. The monoisotopic (exact) mass is 897 g/mol. The summed E-state index contributed by atoms with van der Waals surface area (Å²) in [5.41, 5.74) is 1.63. The quantitative estimate of drug-likeness (QED) is 0.0263. The van der Waals surface area contributed by atoms with E-state index in [-0.39, 0.29) is 61.5 Å². The first-order valence-corrected chi connectivity index (χ1v) is 22.6. The van der Waals surface area contributed by atoms with E-state index in [9.17, 15) is 33.6 Å². The third-order valence-corrected chi connectivity index (χ3v) is 10.9. The Bertz CT molecular complexity index is 2060. The van der Waals surface area contributed by atoms with E-state index in [1.807, 2.05) is 86.3 Å². The molecule has 0 aromatic heterocycles. The van der Waals surface area contributed by atoms with Gasteiger partial charge in [0.1, 0.15) is 29.5 Å². The summed E-state index contributed by atoms with van der Waals surface area (Å²) in [6.45, 7) is 14.0. The number of ketones is 1. The molecule has 0 saturated carbocycles. The molecule has 1 saturated heterocycles. The molecule has 0 bridgehead atoms. The van der Waals surface area contributed by atoms with E-state index < -0.39 is 59.4 Å². The third kappa shape index (κ3) is 17.3. The number of carbonyl (C=O) groups is 7. The number of ether oxygens (including phenoxy) is 3. The molecule has 1 aliphatic rings. The van der Waals surface area contributed by atoms with Crippen molar-refractivity contribution < 1.29 is 47.8 Å². The summed E-state index contributed by atoms with van der Waals surface area (Å²) in [5, 5.41) is 11.3. The van der Waals surface area contributed by atoms with Crippen LogP contribution in [0.25, 0.3) is 0 Å². The highest BCUT2D eigenvalue weighted by molar-refractivity contribution is 5.98. The fourth-order valence-corrected chi connectivity index (χ4v) is 7.02. The van der Waals surface area contributed by atoms with Crippen LogP contribution in [0.3, 0.4) is 0 Å². The second-order valence-electron chi connectivity index (χ2n) is 17.6. The highest BCUT2D eigenvalue weighted by atomic mass is 16.6. The second-order valence-corrected chi connectivity index (χ2v) is 17.6. The highest BCUT2D eigenvalue weighted by Crippen LogP contribution is 2.30. The van der Waals surface area contributed by atoms with Gasteiger partial charge < -0.3 is 35.5 Å². The van der Waals surface area contributed by atoms with Gasteiger partial charge in [0.25, 0.3) is 0 Å². The molecule has 65 heavy (non-hydrogen) atoms. The average Bonchev–Trinajstić information content (AvgIpc) is 4.04. The number of nitrogens with zero attached hydrogens (tertiary/aromatic N) is 1. The first kappa shape index (κ1) is 51.9. The Morgan fingerprint density at radius 2 is 1.40 bits per heavy atom. The van der Waals surface area contributed by atoms with Gasteiger partial charge >= 0.3 is 5.97 Å². The lowest BCUT2D eigenvalue weighted by molar-refractivity contribution is -0.137. The SMILES string of the molecule is CCCOCCN(CC(=O)N[C@@H](CCc1ccccc1)C(=O)N[C@@H](C)C(=O)N[C@@H](Cc1ccccc1)C(=O)N[C@@H](CC(C)C)C(=O)[C@@]1(C)CO1)Cc1ccc(OC(=O)C(C)C)c(C=O)c1. The molecule has 0 unspecified atom stereocenters. The van der Waals surface area contributed by atoms with E-state index >= 15 is 0 Å². The van der Waals surface area contributed by atoms with Gasteiger partial charge in [0.15, 0.2) is 12.1 Å². The zero-order valence-electron chi connectivity index (χ0n) is 38.9. The number of epoxide rings is 1. The molecule has 1 heterocycles. The summed E-state index contributed by atoms with van der Waals surface area (Å²) >= 11 is 0. The maximum absolute atomic E-state index is 14.1. The van der Waals surface area contributed by atoms with Gasteiger partial charge in [-0.1, -0.05) is 101 Å². The molecule has 0 radical (unpaired) electrons. The molecule has 3 aromatic carbocycles.